The van der Waals surface area contributed by atoms with E-state index in [2.05, 4.69) is 32.1 Å². The molecule has 0 radical (unpaired) electrons. The van der Waals surface area contributed by atoms with Gasteiger partial charge < -0.3 is 14.9 Å². The van der Waals surface area contributed by atoms with Crippen molar-refractivity contribution in [3.05, 3.63) is 36.0 Å². The Balaban J connectivity index is 1.36. The topological polar surface area (TPSA) is 83.8 Å². The van der Waals surface area contributed by atoms with Crippen LogP contribution in [0.15, 0.2) is 36.0 Å². The number of hydrogen-bond donors (Lipinski definition) is 2. The number of allylic oxidation sites excluding steroid dienone is 6. The van der Waals surface area contributed by atoms with Crippen molar-refractivity contribution in [2.45, 2.75) is 83.5 Å². The summed E-state index contributed by atoms with van der Waals surface area (Å²) >= 11 is 0. The fourth-order valence-corrected chi connectivity index (χ4v) is 9.15. The number of fused-ring (bicyclic) bond motifs is 7. The first-order chi connectivity index (χ1) is 15.4. The fourth-order valence-electron chi connectivity index (χ4n) is 9.15. The second kappa shape index (κ2) is 6.28. The van der Waals surface area contributed by atoms with E-state index < -0.39 is 28.0 Å². The van der Waals surface area contributed by atoms with Crippen molar-refractivity contribution in [2.75, 3.05) is 0 Å². The molecule has 4 fully saturated rings. The third-order valence-corrected chi connectivity index (χ3v) is 11.6. The zero-order valence-corrected chi connectivity index (χ0v) is 20.1. The molecule has 0 amide bonds. The van der Waals surface area contributed by atoms with Crippen LogP contribution in [0.4, 0.5) is 0 Å². The van der Waals surface area contributed by atoms with E-state index >= 15 is 0 Å². The molecule has 6 aliphatic rings. The zero-order valence-electron chi connectivity index (χ0n) is 20.1. The Morgan fingerprint density at radius 1 is 0.939 bits per heavy atom. The maximum Gasteiger partial charge on any atom is 0.338 e. The van der Waals surface area contributed by atoms with Gasteiger partial charge in [-0.05, 0) is 81.8 Å². The van der Waals surface area contributed by atoms with E-state index in [0.29, 0.717) is 19.3 Å². The lowest BCUT2D eigenvalue weighted by Crippen LogP contribution is -2.58. The van der Waals surface area contributed by atoms with Gasteiger partial charge in [0.15, 0.2) is 11.4 Å². The summed E-state index contributed by atoms with van der Waals surface area (Å²) in [6, 6.07) is 0. The lowest BCUT2D eigenvalue weighted by molar-refractivity contribution is -0.199. The van der Waals surface area contributed by atoms with Crippen LogP contribution in [0.25, 0.3) is 0 Å². The molecule has 5 aliphatic carbocycles. The van der Waals surface area contributed by atoms with Gasteiger partial charge in [0.25, 0.3) is 0 Å². The van der Waals surface area contributed by atoms with Crippen LogP contribution in [0.3, 0.4) is 0 Å². The molecule has 178 valence electrons. The highest BCUT2D eigenvalue weighted by Gasteiger charge is 2.72. The monoisotopic (exact) mass is 452 g/mol. The van der Waals surface area contributed by atoms with Crippen molar-refractivity contribution >= 4 is 11.8 Å². The molecule has 1 aliphatic heterocycles. The summed E-state index contributed by atoms with van der Waals surface area (Å²) in [6.07, 6.45) is 14.3. The van der Waals surface area contributed by atoms with E-state index in [1.165, 1.54) is 0 Å². The quantitative estimate of drug-likeness (QED) is 0.590. The molecule has 5 heteroatoms. The summed E-state index contributed by atoms with van der Waals surface area (Å²) in [5.41, 5.74) is -2.75. The Morgan fingerprint density at radius 3 is 2.42 bits per heavy atom. The maximum atomic E-state index is 13.1. The van der Waals surface area contributed by atoms with Gasteiger partial charge in [0.1, 0.15) is 6.10 Å². The largest absolute Gasteiger partial charge is 0.460 e. The lowest BCUT2D eigenvalue weighted by Gasteiger charge is -2.57. The predicted molar refractivity (Wildman–Crippen MR) is 123 cm³/mol. The number of esters is 1. The van der Waals surface area contributed by atoms with Crippen molar-refractivity contribution < 1.29 is 24.5 Å². The molecule has 10 atom stereocenters. The van der Waals surface area contributed by atoms with Crippen LogP contribution in [0.5, 0.6) is 0 Å². The summed E-state index contributed by atoms with van der Waals surface area (Å²) in [5, 5.41) is 23.4. The number of ketones is 1. The molecule has 0 aromatic heterocycles. The third kappa shape index (κ3) is 2.36. The van der Waals surface area contributed by atoms with Gasteiger partial charge in [-0.15, -0.1) is 0 Å². The van der Waals surface area contributed by atoms with E-state index in [1.54, 1.807) is 13.0 Å². The minimum Gasteiger partial charge on any atom is -0.460 e. The van der Waals surface area contributed by atoms with Crippen LogP contribution in [0.1, 0.15) is 66.2 Å². The average molecular weight is 453 g/mol. The molecule has 3 saturated carbocycles. The summed E-state index contributed by atoms with van der Waals surface area (Å²) in [6.45, 7) is 7.88. The summed E-state index contributed by atoms with van der Waals surface area (Å²) in [4.78, 5) is 25.7. The Hall–Kier alpha value is -1.72. The third-order valence-electron chi connectivity index (χ3n) is 11.6. The Labute approximate surface area is 196 Å². The minimum absolute atomic E-state index is 0.176. The van der Waals surface area contributed by atoms with E-state index in [0.717, 1.165) is 24.8 Å². The summed E-state index contributed by atoms with van der Waals surface area (Å²) in [5.74, 6) is 0.233. The van der Waals surface area contributed by atoms with Crippen LogP contribution in [-0.4, -0.2) is 39.3 Å². The Bertz CT molecular complexity index is 1040. The molecule has 1 saturated heterocycles. The molecule has 33 heavy (non-hydrogen) atoms. The first-order valence-corrected chi connectivity index (χ1v) is 12.7. The van der Waals surface area contributed by atoms with E-state index in [1.807, 2.05) is 13.0 Å². The molecule has 0 spiro atoms. The first-order valence-electron chi connectivity index (χ1n) is 12.7. The predicted octanol–water partition coefficient (Wildman–Crippen LogP) is 3.89. The molecular formula is C28H36O5. The van der Waals surface area contributed by atoms with Crippen molar-refractivity contribution in [2.24, 2.45) is 39.9 Å². The van der Waals surface area contributed by atoms with Crippen molar-refractivity contribution in [3.8, 4) is 0 Å². The number of aliphatic hydroxyl groups is 2. The second-order valence-electron chi connectivity index (χ2n) is 12.7. The first kappa shape index (κ1) is 21.8. The summed E-state index contributed by atoms with van der Waals surface area (Å²) < 4.78 is 5.76. The Morgan fingerprint density at radius 2 is 1.67 bits per heavy atom. The van der Waals surface area contributed by atoms with Gasteiger partial charge >= 0.3 is 5.97 Å². The molecule has 2 bridgehead atoms. The number of rotatable bonds is 1. The normalized spacial score (nSPS) is 56.7. The van der Waals surface area contributed by atoms with Crippen LogP contribution < -0.4 is 0 Å². The highest BCUT2D eigenvalue weighted by atomic mass is 16.6. The molecule has 10 unspecified atom stereocenters. The number of carbonyl (C=O) groups excluding carboxylic acids is 2. The Kier molecular flexibility index (Phi) is 4.15. The van der Waals surface area contributed by atoms with E-state index in [4.69, 9.17) is 4.74 Å². The van der Waals surface area contributed by atoms with Crippen LogP contribution in [0, 0.1) is 39.9 Å². The highest BCUT2D eigenvalue weighted by molar-refractivity contribution is 5.99. The second-order valence-corrected chi connectivity index (χ2v) is 12.7. The molecule has 6 rings (SSSR count). The maximum absolute atomic E-state index is 13.1. The highest BCUT2D eigenvalue weighted by Crippen LogP contribution is 2.70. The SMILES string of the molecule is CC12C(=O)C=CC=C1C=CC1C2CCC2(C)C1CCC2(O)C1CC2(C)CC1OC(=O)C2(C)O. The van der Waals surface area contributed by atoms with Crippen LogP contribution >= 0.6 is 0 Å². The number of hydrogen-bond acceptors (Lipinski definition) is 5. The fraction of sp³-hybridized carbons (Fsp3) is 0.714. The van der Waals surface area contributed by atoms with Gasteiger partial charge in [0.2, 0.25) is 0 Å². The molecule has 5 nitrogen and oxygen atoms in total. The molecule has 1 heterocycles. The van der Waals surface area contributed by atoms with E-state index in [9.17, 15) is 19.8 Å². The number of carbonyl (C=O) groups is 2. The van der Waals surface area contributed by atoms with Gasteiger partial charge in [-0.1, -0.05) is 38.2 Å². The molecule has 2 N–H and O–H groups in total. The van der Waals surface area contributed by atoms with E-state index in [-0.39, 0.29) is 41.0 Å². The van der Waals surface area contributed by atoms with Gasteiger partial charge in [-0.3, -0.25) is 4.79 Å². The van der Waals surface area contributed by atoms with Crippen molar-refractivity contribution in [3.63, 3.8) is 0 Å². The van der Waals surface area contributed by atoms with Crippen LogP contribution in [-0.2, 0) is 14.3 Å². The smallest absolute Gasteiger partial charge is 0.338 e. The average Bonchev–Trinajstić information content (AvgIpc) is 3.22. The van der Waals surface area contributed by atoms with Gasteiger partial charge in [-0.25, -0.2) is 4.79 Å². The number of ether oxygens (including phenoxy) is 1. The lowest BCUT2D eigenvalue weighted by atomic mass is 9.47. The molecule has 0 aromatic carbocycles. The molecule has 0 aromatic rings. The standard InChI is InChI=1S/C28H36O5/c1-24-14-20(21(15-24)33-23(30)27(24,4)31)28(32)13-11-18-17-9-8-16-6-5-7-22(29)26(16,3)19(17)10-12-25(18,28)2/h5-9,17-21,31-32H,10-15H2,1-4H3. The minimum atomic E-state index is -1.52. The molecular weight excluding hydrogens is 416 g/mol. The van der Waals surface area contributed by atoms with Crippen molar-refractivity contribution in [1.82, 2.24) is 0 Å². The zero-order chi connectivity index (χ0) is 23.6. The van der Waals surface area contributed by atoms with Crippen molar-refractivity contribution in [1.29, 1.82) is 0 Å². The van der Waals surface area contributed by atoms with Gasteiger partial charge in [0.05, 0.1) is 11.0 Å². The van der Waals surface area contributed by atoms with Gasteiger partial charge in [-0.2, -0.15) is 0 Å². The summed E-state index contributed by atoms with van der Waals surface area (Å²) in [7, 11) is 0. The van der Waals surface area contributed by atoms with Gasteiger partial charge in [0, 0.05) is 16.7 Å². The van der Waals surface area contributed by atoms with Crippen LogP contribution in [0.2, 0.25) is 0 Å².